The van der Waals surface area contributed by atoms with E-state index in [0.717, 1.165) is 39.7 Å². The van der Waals surface area contributed by atoms with Crippen LogP contribution in [-0.4, -0.2) is 21.5 Å². The molecule has 0 radical (unpaired) electrons. The summed E-state index contributed by atoms with van der Waals surface area (Å²) in [6.07, 6.45) is 5.66. The summed E-state index contributed by atoms with van der Waals surface area (Å²) in [6.45, 7) is 0.576. The molecule has 0 aliphatic carbocycles. The Hall–Kier alpha value is -4.32. The highest BCUT2D eigenvalue weighted by atomic mass is 16.5. The predicted octanol–water partition coefficient (Wildman–Crippen LogP) is 5.81. The number of nitrogens with zero attached hydrogens (tertiary/aromatic N) is 3. The summed E-state index contributed by atoms with van der Waals surface area (Å²) in [6, 6.07) is 25.6. The number of rotatable bonds is 7. The Bertz CT molecular complexity index is 1330. The van der Waals surface area contributed by atoms with Crippen molar-refractivity contribution in [2.75, 3.05) is 12.4 Å². The van der Waals surface area contributed by atoms with Crippen molar-refractivity contribution < 1.29 is 9.47 Å². The minimum Gasteiger partial charge on any atom is -0.496 e. The molecule has 0 atom stereocenters. The molecular weight excluding hydrogens is 400 g/mol. The number of hydrogen-bond donors (Lipinski definition) is 1. The summed E-state index contributed by atoms with van der Waals surface area (Å²) in [5.74, 6) is 3.13. The molecule has 0 saturated carbocycles. The smallest absolute Gasteiger partial charge is 0.180 e. The molecule has 2 heterocycles. The van der Waals surface area contributed by atoms with Crippen LogP contribution < -0.4 is 14.8 Å². The minimum atomic E-state index is 0.576. The lowest BCUT2D eigenvalue weighted by Gasteiger charge is -2.12. The number of nitrogens with one attached hydrogen (secondary N) is 1. The average molecular weight is 422 g/mol. The maximum atomic E-state index is 5.90. The zero-order valence-electron chi connectivity index (χ0n) is 17.6. The molecule has 32 heavy (non-hydrogen) atoms. The normalized spacial score (nSPS) is 10.8. The molecule has 6 heteroatoms. The first-order valence-corrected chi connectivity index (χ1v) is 10.3. The van der Waals surface area contributed by atoms with Gasteiger partial charge >= 0.3 is 0 Å². The van der Waals surface area contributed by atoms with Crippen LogP contribution >= 0.6 is 0 Å². The van der Waals surface area contributed by atoms with Gasteiger partial charge in [-0.05, 0) is 42.5 Å². The third-order valence-electron chi connectivity index (χ3n) is 5.14. The van der Waals surface area contributed by atoms with Gasteiger partial charge in [-0.3, -0.25) is 0 Å². The standard InChI is InChI=1S/C26H22N4O2/c1-31-24-10-6-5-7-20(24)17-28-25-26-27-15-16-30(26)18-23(29-25)19-11-13-22(14-12-19)32-21-8-3-2-4-9-21/h2-16,18H,17H2,1H3,(H,28,29). The molecule has 0 spiro atoms. The molecule has 5 rings (SSSR count). The lowest BCUT2D eigenvalue weighted by molar-refractivity contribution is 0.410. The van der Waals surface area contributed by atoms with Crippen LogP contribution in [-0.2, 0) is 6.54 Å². The van der Waals surface area contributed by atoms with Gasteiger partial charge in [0.05, 0.1) is 12.8 Å². The van der Waals surface area contributed by atoms with E-state index in [1.54, 1.807) is 13.3 Å². The second-order valence-corrected chi connectivity index (χ2v) is 7.24. The third-order valence-corrected chi connectivity index (χ3v) is 5.14. The van der Waals surface area contributed by atoms with Crippen molar-refractivity contribution in [3.05, 3.63) is 103 Å². The summed E-state index contributed by atoms with van der Waals surface area (Å²) in [4.78, 5) is 9.31. The third kappa shape index (κ3) is 4.11. The topological polar surface area (TPSA) is 60.7 Å². The number of para-hydroxylation sites is 2. The quantitative estimate of drug-likeness (QED) is 0.359. The van der Waals surface area contributed by atoms with Crippen molar-refractivity contribution in [2.24, 2.45) is 0 Å². The lowest BCUT2D eigenvalue weighted by atomic mass is 10.1. The van der Waals surface area contributed by atoms with E-state index in [1.807, 2.05) is 95.7 Å². The zero-order chi connectivity index (χ0) is 21.8. The van der Waals surface area contributed by atoms with Crippen LogP contribution in [0.5, 0.6) is 17.2 Å². The first kappa shape index (κ1) is 19.6. The van der Waals surface area contributed by atoms with Crippen molar-refractivity contribution in [3.63, 3.8) is 0 Å². The molecule has 5 aromatic rings. The number of ether oxygens (including phenoxy) is 2. The molecule has 6 nitrogen and oxygen atoms in total. The number of anilines is 1. The Morgan fingerprint density at radius 3 is 2.44 bits per heavy atom. The van der Waals surface area contributed by atoms with E-state index < -0.39 is 0 Å². The van der Waals surface area contributed by atoms with Gasteiger partial charge in [-0.25, -0.2) is 9.97 Å². The number of fused-ring (bicyclic) bond motifs is 1. The highest BCUT2D eigenvalue weighted by Gasteiger charge is 2.11. The van der Waals surface area contributed by atoms with Gasteiger partial charge in [-0.15, -0.1) is 0 Å². The number of imidazole rings is 1. The monoisotopic (exact) mass is 422 g/mol. The van der Waals surface area contributed by atoms with Crippen LogP contribution in [0, 0.1) is 0 Å². The molecular formula is C26H22N4O2. The van der Waals surface area contributed by atoms with E-state index in [9.17, 15) is 0 Å². The number of aromatic nitrogens is 3. The molecule has 3 aromatic carbocycles. The van der Waals surface area contributed by atoms with Gasteiger partial charge in [0.2, 0.25) is 0 Å². The van der Waals surface area contributed by atoms with Crippen molar-refractivity contribution >= 4 is 11.5 Å². The molecule has 0 amide bonds. The molecule has 2 aromatic heterocycles. The van der Waals surface area contributed by atoms with Crippen molar-refractivity contribution in [2.45, 2.75) is 6.54 Å². The van der Waals surface area contributed by atoms with Gasteiger partial charge in [0.1, 0.15) is 17.2 Å². The Morgan fingerprint density at radius 1 is 0.875 bits per heavy atom. The summed E-state index contributed by atoms with van der Waals surface area (Å²) in [5, 5.41) is 3.42. The fourth-order valence-corrected chi connectivity index (χ4v) is 3.54. The van der Waals surface area contributed by atoms with E-state index in [2.05, 4.69) is 10.3 Å². The summed E-state index contributed by atoms with van der Waals surface area (Å²) in [5.41, 5.74) is 3.65. The van der Waals surface area contributed by atoms with Gasteiger partial charge in [0.15, 0.2) is 11.5 Å². The van der Waals surface area contributed by atoms with Gasteiger partial charge in [-0.2, -0.15) is 0 Å². The molecule has 0 aliphatic heterocycles. The largest absolute Gasteiger partial charge is 0.496 e. The van der Waals surface area contributed by atoms with Gasteiger partial charge < -0.3 is 19.2 Å². The first-order valence-electron chi connectivity index (χ1n) is 10.3. The fraction of sp³-hybridized carbons (Fsp3) is 0.0769. The average Bonchev–Trinajstić information content (AvgIpc) is 3.33. The van der Waals surface area contributed by atoms with Gasteiger partial charge in [0, 0.05) is 36.3 Å². The van der Waals surface area contributed by atoms with E-state index in [4.69, 9.17) is 14.5 Å². The fourth-order valence-electron chi connectivity index (χ4n) is 3.54. The predicted molar refractivity (Wildman–Crippen MR) is 125 cm³/mol. The van der Waals surface area contributed by atoms with Crippen LogP contribution in [0.25, 0.3) is 16.9 Å². The second kappa shape index (κ2) is 8.81. The van der Waals surface area contributed by atoms with Crippen LogP contribution in [0.3, 0.4) is 0 Å². The maximum Gasteiger partial charge on any atom is 0.180 e. The molecule has 0 bridgehead atoms. The highest BCUT2D eigenvalue weighted by molar-refractivity contribution is 5.69. The Morgan fingerprint density at radius 2 is 1.62 bits per heavy atom. The first-order chi connectivity index (χ1) is 15.8. The van der Waals surface area contributed by atoms with Gasteiger partial charge in [-0.1, -0.05) is 36.4 Å². The molecule has 158 valence electrons. The Balaban J connectivity index is 1.41. The van der Waals surface area contributed by atoms with Crippen LogP contribution in [0.2, 0.25) is 0 Å². The van der Waals surface area contributed by atoms with Crippen LogP contribution in [0.15, 0.2) is 97.5 Å². The number of benzene rings is 3. The summed E-state index contributed by atoms with van der Waals surface area (Å²) in [7, 11) is 1.68. The molecule has 0 fully saturated rings. The Labute approximate surface area is 186 Å². The molecule has 0 unspecified atom stereocenters. The number of methoxy groups -OCH3 is 1. The van der Waals surface area contributed by atoms with E-state index >= 15 is 0 Å². The maximum absolute atomic E-state index is 5.90. The molecule has 0 aliphatic rings. The van der Waals surface area contributed by atoms with E-state index in [-0.39, 0.29) is 0 Å². The SMILES string of the molecule is COc1ccccc1CNc1nc(-c2ccc(Oc3ccccc3)cc2)cn2ccnc12. The highest BCUT2D eigenvalue weighted by Crippen LogP contribution is 2.27. The molecule has 1 N–H and O–H groups in total. The van der Waals surface area contributed by atoms with Crippen molar-refractivity contribution in [1.82, 2.24) is 14.4 Å². The zero-order valence-corrected chi connectivity index (χ0v) is 17.6. The van der Waals surface area contributed by atoms with Crippen molar-refractivity contribution in [3.8, 4) is 28.5 Å². The van der Waals surface area contributed by atoms with Crippen LogP contribution in [0.4, 0.5) is 5.82 Å². The van der Waals surface area contributed by atoms with E-state index in [0.29, 0.717) is 12.4 Å². The van der Waals surface area contributed by atoms with Gasteiger partial charge in [0.25, 0.3) is 0 Å². The van der Waals surface area contributed by atoms with E-state index in [1.165, 1.54) is 0 Å². The summed E-state index contributed by atoms with van der Waals surface area (Å²) < 4.78 is 13.3. The second-order valence-electron chi connectivity index (χ2n) is 7.24. The summed E-state index contributed by atoms with van der Waals surface area (Å²) >= 11 is 0. The molecule has 0 saturated heterocycles. The van der Waals surface area contributed by atoms with Crippen LogP contribution in [0.1, 0.15) is 5.56 Å². The lowest BCUT2D eigenvalue weighted by Crippen LogP contribution is -2.06. The number of hydrogen-bond acceptors (Lipinski definition) is 5. The Kier molecular flexibility index (Phi) is 5.41. The minimum absolute atomic E-state index is 0.576. The van der Waals surface area contributed by atoms with Crippen molar-refractivity contribution in [1.29, 1.82) is 0 Å².